The molecule has 4 fully saturated rings. The van der Waals surface area contributed by atoms with Crippen LogP contribution < -0.4 is 24.8 Å². The van der Waals surface area contributed by atoms with Crippen molar-refractivity contribution in [2.45, 2.75) is 180 Å². The first-order valence-electron chi connectivity index (χ1n) is 20.8. The zero-order chi connectivity index (χ0) is 34.5. The molecule has 53 heavy (non-hydrogen) atoms. The van der Waals surface area contributed by atoms with Crippen molar-refractivity contribution >= 4 is 22.8 Å². The summed E-state index contributed by atoms with van der Waals surface area (Å²) in [6, 6.07) is 16.4. The second kappa shape index (κ2) is 20.9. The standard InChI is InChI=1S/C47H63N3.2ClH.V/c1-32-28-40(36-18-9-5-10-19-36)46(41(29-32)37-20-11-6-12-21-37)48-34(3)44-26-17-27-45(50-44)35(4)49-47-42(38-22-13-7-14-23-38)30-33(2)31-43(47)39-24-15-8-16-25-39;;;/h17,26-31,36-39H,5-16,18-25H2,1-4H3;2*1H;/q;;;+2/p-2. The van der Waals surface area contributed by atoms with Crippen molar-refractivity contribution < 1.29 is 43.4 Å². The van der Waals surface area contributed by atoms with Crippen molar-refractivity contribution in [3.05, 3.63) is 87.2 Å². The predicted molar refractivity (Wildman–Crippen MR) is 214 cm³/mol. The molecule has 4 saturated carbocycles. The number of halogens is 2. The molecule has 0 saturated heterocycles. The van der Waals surface area contributed by atoms with Gasteiger partial charge in [-0.05, 0) is 137 Å². The monoisotopic (exact) mass is 790 g/mol. The molecule has 6 heteroatoms. The average Bonchev–Trinajstić information content (AvgIpc) is 3.17. The largest absolute Gasteiger partial charge is 2.00 e. The summed E-state index contributed by atoms with van der Waals surface area (Å²) < 4.78 is 0. The Labute approximate surface area is 346 Å². The van der Waals surface area contributed by atoms with Crippen LogP contribution in [0.5, 0.6) is 0 Å². The number of aryl methyl sites for hydroxylation is 2. The summed E-state index contributed by atoms with van der Waals surface area (Å²) in [4.78, 5) is 16.5. The Balaban J connectivity index is 0.00000209. The smallest absolute Gasteiger partial charge is 1.00 e. The number of pyridine rings is 1. The van der Waals surface area contributed by atoms with Crippen LogP contribution in [0.25, 0.3) is 0 Å². The first-order chi connectivity index (χ1) is 24.4. The van der Waals surface area contributed by atoms with Gasteiger partial charge in [-0.3, -0.25) is 9.98 Å². The van der Waals surface area contributed by atoms with E-state index in [9.17, 15) is 0 Å². The van der Waals surface area contributed by atoms with Crippen molar-refractivity contribution in [3.63, 3.8) is 0 Å². The topological polar surface area (TPSA) is 37.6 Å². The molecule has 0 N–H and O–H groups in total. The number of benzene rings is 2. The molecule has 2 aromatic carbocycles. The number of aromatic nitrogens is 1. The molecule has 0 spiro atoms. The number of hydrogen-bond donors (Lipinski definition) is 0. The maximum absolute atomic E-state index is 5.58. The van der Waals surface area contributed by atoms with Crippen LogP contribution in [0, 0.1) is 13.8 Å². The van der Waals surface area contributed by atoms with Gasteiger partial charge in [-0.1, -0.05) is 119 Å². The number of hydrogen-bond acceptors (Lipinski definition) is 3. The van der Waals surface area contributed by atoms with Crippen LogP contribution in [0.2, 0.25) is 0 Å². The molecule has 1 heterocycles. The van der Waals surface area contributed by atoms with Gasteiger partial charge in [-0.25, -0.2) is 4.98 Å². The molecule has 0 atom stereocenters. The molecule has 4 aliphatic rings. The first kappa shape index (κ1) is 43.8. The Kier molecular flexibility index (Phi) is 17.2. The third-order valence-electron chi connectivity index (χ3n) is 12.9. The van der Waals surface area contributed by atoms with E-state index in [0.29, 0.717) is 23.7 Å². The third-order valence-corrected chi connectivity index (χ3v) is 12.9. The minimum atomic E-state index is 0. The zero-order valence-electron chi connectivity index (χ0n) is 33.0. The van der Waals surface area contributed by atoms with E-state index in [1.807, 2.05) is 0 Å². The molecule has 0 unspecified atom stereocenters. The summed E-state index contributed by atoms with van der Waals surface area (Å²) in [6.07, 6.45) is 26.6. The third kappa shape index (κ3) is 10.7. The van der Waals surface area contributed by atoms with Crippen molar-refractivity contribution in [3.8, 4) is 0 Å². The van der Waals surface area contributed by atoms with Crippen LogP contribution in [0.3, 0.4) is 0 Å². The van der Waals surface area contributed by atoms with Gasteiger partial charge in [0.05, 0.1) is 34.2 Å². The van der Waals surface area contributed by atoms with Crippen molar-refractivity contribution in [2.24, 2.45) is 9.98 Å². The van der Waals surface area contributed by atoms with Crippen LogP contribution in [0.1, 0.15) is 211 Å². The molecule has 0 aliphatic heterocycles. The molecule has 285 valence electrons. The van der Waals surface area contributed by atoms with E-state index in [0.717, 1.165) is 22.8 Å². The fraction of sp³-hybridized carbons (Fsp3) is 0.596. The van der Waals surface area contributed by atoms with E-state index in [-0.39, 0.29) is 43.4 Å². The van der Waals surface area contributed by atoms with Gasteiger partial charge in [-0.2, -0.15) is 0 Å². The molecular weight excluding hydrogens is 728 g/mol. The van der Waals surface area contributed by atoms with Crippen molar-refractivity contribution in [2.75, 3.05) is 0 Å². The summed E-state index contributed by atoms with van der Waals surface area (Å²) >= 11 is 0. The normalized spacial score (nSPS) is 19.9. The molecular formula is C47H63Cl2N3V. The zero-order valence-corrected chi connectivity index (χ0v) is 35.9. The summed E-state index contributed by atoms with van der Waals surface area (Å²) in [7, 11) is 0. The number of rotatable bonds is 8. The average molecular weight is 792 g/mol. The maximum Gasteiger partial charge on any atom is 2.00 e. The number of nitrogens with zero attached hydrogens (tertiary/aromatic N) is 3. The van der Waals surface area contributed by atoms with Crippen molar-refractivity contribution in [1.82, 2.24) is 4.98 Å². The summed E-state index contributed by atoms with van der Waals surface area (Å²) in [5.41, 5.74) is 15.4. The number of aliphatic imine (C=N–C) groups is 2. The SMILES string of the molecule is CC(=Nc1c(C2CCCCC2)cc(C)cc1C1CCCCC1)c1cccc(C(C)=Nc2c(C3CCCCC3)cc(C)cc2C2CCCCC2)n1.[Cl-].[Cl-].[V+2]. The predicted octanol–water partition coefficient (Wildman–Crippen LogP) is 8.18. The Morgan fingerprint density at radius 3 is 1.00 bits per heavy atom. The molecule has 3 aromatic rings. The Morgan fingerprint density at radius 2 is 0.736 bits per heavy atom. The first-order valence-corrected chi connectivity index (χ1v) is 20.8. The Bertz CT molecular complexity index is 1490. The van der Waals surface area contributed by atoms with Gasteiger partial charge in [0.2, 0.25) is 0 Å². The molecule has 4 aliphatic carbocycles. The van der Waals surface area contributed by atoms with Crippen LogP contribution in [0.4, 0.5) is 11.4 Å². The van der Waals surface area contributed by atoms with Gasteiger partial charge < -0.3 is 24.8 Å². The van der Waals surface area contributed by atoms with Crippen LogP contribution >= 0.6 is 0 Å². The molecule has 7 rings (SSSR count). The fourth-order valence-corrected chi connectivity index (χ4v) is 10.1. The van der Waals surface area contributed by atoms with E-state index in [1.54, 1.807) is 0 Å². The quantitative estimate of drug-likeness (QED) is 0.212. The van der Waals surface area contributed by atoms with E-state index in [1.165, 1.54) is 173 Å². The molecule has 1 aromatic heterocycles. The second-order valence-corrected chi connectivity index (χ2v) is 16.7. The molecule has 3 nitrogen and oxygen atoms in total. The van der Waals surface area contributed by atoms with Gasteiger partial charge in [0.15, 0.2) is 0 Å². The van der Waals surface area contributed by atoms with Crippen LogP contribution in [-0.4, -0.2) is 16.4 Å². The van der Waals surface area contributed by atoms with Gasteiger partial charge in [0.25, 0.3) is 0 Å². The van der Waals surface area contributed by atoms with E-state index in [2.05, 4.69) is 70.2 Å². The summed E-state index contributed by atoms with van der Waals surface area (Å²) in [5.74, 6) is 2.49. The van der Waals surface area contributed by atoms with Crippen LogP contribution in [0.15, 0.2) is 52.4 Å². The van der Waals surface area contributed by atoms with Crippen molar-refractivity contribution in [1.29, 1.82) is 0 Å². The second-order valence-electron chi connectivity index (χ2n) is 16.7. The summed E-state index contributed by atoms with van der Waals surface area (Å²) in [6.45, 7) is 8.99. The molecule has 0 bridgehead atoms. The summed E-state index contributed by atoms with van der Waals surface area (Å²) in [5, 5.41) is 0. The Morgan fingerprint density at radius 1 is 0.472 bits per heavy atom. The molecule has 1 radical (unpaired) electrons. The van der Waals surface area contributed by atoms with Gasteiger partial charge in [0.1, 0.15) is 0 Å². The van der Waals surface area contributed by atoms with Gasteiger partial charge in [-0.15, -0.1) is 0 Å². The minimum absolute atomic E-state index is 0. The molecule has 0 amide bonds. The van der Waals surface area contributed by atoms with Gasteiger partial charge >= 0.3 is 18.6 Å². The van der Waals surface area contributed by atoms with Crippen LogP contribution in [-0.2, 0) is 18.6 Å². The van der Waals surface area contributed by atoms with E-state index >= 15 is 0 Å². The van der Waals surface area contributed by atoms with E-state index in [4.69, 9.17) is 15.0 Å². The minimum Gasteiger partial charge on any atom is -1.00 e. The maximum atomic E-state index is 5.58. The Hall–Kier alpha value is -1.91. The van der Waals surface area contributed by atoms with E-state index < -0.39 is 0 Å². The fourth-order valence-electron chi connectivity index (χ4n) is 10.1. The van der Waals surface area contributed by atoms with Gasteiger partial charge in [0, 0.05) is 0 Å².